The van der Waals surface area contributed by atoms with E-state index in [0.29, 0.717) is 17.7 Å². The van der Waals surface area contributed by atoms with Crippen molar-refractivity contribution in [2.24, 2.45) is 0 Å². The first kappa shape index (κ1) is 11.0. The number of nitro benzene ring substituents is 1. The van der Waals surface area contributed by atoms with Crippen molar-refractivity contribution in [2.45, 2.75) is 6.92 Å². The lowest BCUT2D eigenvalue weighted by atomic mass is 10.1. The molecule has 0 saturated heterocycles. The molecule has 0 spiro atoms. The molecule has 6 heteroatoms. The summed E-state index contributed by atoms with van der Waals surface area (Å²) in [5.74, 6) is 0. The molecule has 0 radical (unpaired) electrons. The Morgan fingerprint density at radius 2 is 2.13 bits per heavy atom. The first-order valence-electron chi connectivity index (χ1n) is 4.20. The maximum atomic E-state index is 10.6. The van der Waals surface area contributed by atoms with Crippen LogP contribution in [0.15, 0.2) is 12.1 Å². The van der Waals surface area contributed by atoms with Crippen molar-refractivity contribution in [3.63, 3.8) is 0 Å². The zero-order valence-electron chi connectivity index (χ0n) is 8.43. The van der Waals surface area contributed by atoms with Gasteiger partial charge < -0.3 is 10.6 Å². The van der Waals surface area contributed by atoms with E-state index in [9.17, 15) is 14.9 Å². The Hall–Kier alpha value is -2.11. The number of carbonyl (C=O) groups is 1. The Morgan fingerprint density at radius 1 is 1.53 bits per heavy atom. The van der Waals surface area contributed by atoms with Gasteiger partial charge in [-0.15, -0.1) is 0 Å². The average Bonchev–Trinajstić information content (AvgIpc) is 2.19. The second-order valence-corrected chi connectivity index (χ2v) is 3.17. The Balaban J connectivity index is 3.31. The lowest BCUT2D eigenvalue weighted by Crippen LogP contribution is -2.15. The molecule has 0 aliphatic heterocycles. The minimum Gasteiger partial charge on any atom is -0.393 e. The van der Waals surface area contributed by atoms with Crippen LogP contribution in [0.2, 0.25) is 0 Å². The third kappa shape index (κ3) is 2.04. The minimum atomic E-state index is -0.549. The molecular weight excluding hydrogens is 198 g/mol. The number of benzene rings is 1. The van der Waals surface area contributed by atoms with Crippen molar-refractivity contribution >= 4 is 23.5 Å². The standard InChI is InChI=1S/C9H11N3O3/c1-6-3-9(12(14)15)7(10)4-8(6)11(2)5-13/h3-5H,10H2,1-2H3. The number of hydrogen-bond acceptors (Lipinski definition) is 4. The van der Waals surface area contributed by atoms with Crippen molar-refractivity contribution in [1.29, 1.82) is 0 Å². The molecule has 6 nitrogen and oxygen atoms in total. The van der Waals surface area contributed by atoms with Crippen LogP contribution in [0.25, 0.3) is 0 Å². The van der Waals surface area contributed by atoms with E-state index in [0.717, 1.165) is 0 Å². The molecule has 1 amide bonds. The van der Waals surface area contributed by atoms with E-state index >= 15 is 0 Å². The van der Waals surface area contributed by atoms with Crippen molar-refractivity contribution in [2.75, 3.05) is 17.7 Å². The third-order valence-electron chi connectivity index (χ3n) is 2.08. The summed E-state index contributed by atoms with van der Waals surface area (Å²) in [7, 11) is 1.56. The number of hydrogen-bond donors (Lipinski definition) is 1. The quantitative estimate of drug-likeness (QED) is 0.349. The van der Waals surface area contributed by atoms with Crippen LogP contribution < -0.4 is 10.6 Å². The number of nitro groups is 1. The Morgan fingerprint density at radius 3 is 2.60 bits per heavy atom. The van der Waals surface area contributed by atoms with E-state index < -0.39 is 4.92 Å². The highest BCUT2D eigenvalue weighted by molar-refractivity contribution is 5.80. The molecule has 0 unspecified atom stereocenters. The van der Waals surface area contributed by atoms with E-state index in [-0.39, 0.29) is 11.4 Å². The predicted octanol–water partition coefficient (Wildman–Crippen LogP) is 1.08. The number of anilines is 2. The number of amides is 1. The second-order valence-electron chi connectivity index (χ2n) is 3.17. The number of aryl methyl sites for hydroxylation is 1. The monoisotopic (exact) mass is 209 g/mol. The second kappa shape index (κ2) is 3.95. The van der Waals surface area contributed by atoms with Gasteiger partial charge in [0.2, 0.25) is 6.41 Å². The van der Waals surface area contributed by atoms with Gasteiger partial charge in [0, 0.05) is 18.8 Å². The van der Waals surface area contributed by atoms with E-state index in [2.05, 4.69) is 0 Å². The molecule has 0 aliphatic rings. The fourth-order valence-corrected chi connectivity index (χ4v) is 1.29. The van der Waals surface area contributed by atoms with Gasteiger partial charge in [0.1, 0.15) is 5.69 Å². The average molecular weight is 209 g/mol. The number of nitrogens with zero attached hydrogens (tertiary/aromatic N) is 2. The topological polar surface area (TPSA) is 89.5 Å². The Bertz CT molecular complexity index is 417. The number of rotatable bonds is 3. The van der Waals surface area contributed by atoms with Crippen molar-refractivity contribution in [3.05, 3.63) is 27.8 Å². The first-order chi connectivity index (χ1) is 6.97. The third-order valence-corrected chi connectivity index (χ3v) is 2.08. The molecule has 80 valence electrons. The molecule has 1 aromatic rings. The molecule has 0 saturated carbocycles. The van der Waals surface area contributed by atoms with E-state index in [1.165, 1.54) is 17.0 Å². The molecular formula is C9H11N3O3. The van der Waals surface area contributed by atoms with Crippen LogP contribution in [-0.2, 0) is 4.79 Å². The fourth-order valence-electron chi connectivity index (χ4n) is 1.29. The van der Waals surface area contributed by atoms with Gasteiger partial charge in [-0.3, -0.25) is 14.9 Å². The molecule has 1 rings (SSSR count). The van der Waals surface area contributed by atoms with Crippen LogP contribution in [0.5, 0.6) is 0 Å². The zero-order chi connectivity index (χ0) is 11.6. The highest BCUT2D eigenvalue weighted by Gasteiger charge is 2.15. The van der Waals surface area contributed by atoms with Crippen LogP contribution in [0.1, 0.15) is 5.56 Å². The summed E-state index contributed by atoms with van der Waals surface area (Å²) in [5.41, 5.74) is 6.60. The molecule has 15 heavy (non-hydrogen) atoms. The molecule has 0 aromatic heterocycles. The largest absolute Gasteiger partial charge is 0.393 e. The number of carbonyl (C=O) groups excluding carboxylic acids is 1. The highest BCUT2D eigenvalue weighted by Crippen LogP contribution is 2.29. The molecule has 0 bridgehead atoms. The Kier molecular flexibility index (Phi) is 2.89. The van der Waals surface area contributed by atoms with Gasteiger partial charge in [0.25, 0.3) is 5.69 Å². The molecule has 0 atom stereocenters. The van der Waals surface area contributed by atoms with Crippen molar-refractivity contribution < 1.29 is 9.72 Å². The van der Waals surface area contributed by atoms with Gasteiger partial charge in [0.05, 0.1) is 4.92 Å². The molecule has 0 aliphatic carbocycles. The minimum absolute atomic E-state index is 0.0503. The highest BCUT2D eigenvalue weighted by atomic mass is 16.6. The van der Waals surface area contributed by atoms with Crippen LogP contribution in [0.3, 0.4) is 0 Å². The van der Waals surface area contributed by atoms with E-state index in [1.54, 1.807) is 14.0 Å². The summed E-state index contributed by atoms with van der Waals surface area (Å²) in [6.07, 6.45) is 0.619. The van der Waals surface area contributed by atoms with E-state index in [1.807, 2.05) is 0 Å². The first-order valence-corrected chi connectivity index (χ1v) is 4.20. The lowest BCUT2D eigenvalue weighted by Gasteiger charge is -2.14. The summed E-state index contributed by atoms with van der Waals surface area (Å²) in [4.78, 5) is 21.9. The van der Waals surface area contributed by atoms with Gasteiger partial charge in [-0.2, -0.15) is 0 Å². The maximum absolute atomic E-state index is 10.6. The summed E-state index contributed by atoms with van der Waals surface area (Å²) in [5, 5.41) is 10.6. The fraction of sp³-hybridized carbons (Fsp3) is 0.222. The van der Waals surface area contributed by atoms with E-state index in [4.69, 9.17) is 5.73 Å². The van der Waals surface area contributed by atoms with Gasteiger partial charge in [-0.1, -0.05) is 0 Å². The summed E-state index contributed by atoms with van der Waals surface area (Å²) in [6, 6.07) is 2.77. The van der Waals surface area contributed by atoms with Gasteiger partial charge >= 0.3 is 0 Å². The normalized spacial score (nSPS) is 9.73. The van der Waals surface area contributed by atoms with Crippen LogP contribution in [0, 0.1) is 17.0 Å². The maximum Gasteiger partial charge on any atom is 0.292 e. The Labute approximate surface area is 86.4 Å². The number of nitrogen functional groups attached to an aromatic ring is 1. The van der Waals surface area contributed by atoms with Gasteiger partial charge in [0.15, 0.2) is 0 Å². The lowest BCUT2D eigenvalue weighted by molar-refractivity contribution is -0.383. The molecule has 2 N–H and O–H groups in total. The molecule has 1 aromatic carbocycles. The van der Waals surface area contributed by atoms with Gasteiger partial charge in [-0.25, -0.2) is 0 Å². The summed E-state index contributed by atoms with van der Waals surface area (Å²) < 4.78 is 0. The van der Waals surface area contributed by atoms with Crippen LogP contribution in [0.4, 0.5) is 17.1 Å². The molecule has 0 fully saturated rings. The van der Waals surface area contributed by atoms with Crippen molar-refractivity contribution in [3.8, 4) is 0 Å². The van der Waals surface area contributed by atoms with Crippen LogP contribution >= 0.6 is 0 Å². The summed E-state index contributed by atoms with van der Waals surface area (Å²) >= 11 is 0. The molecule has 0 heterocycles. The van der Waals surface area contributed by atoms with Crippen molar-refractivity contribution in [1.82, 2.24) is 0 Å². The predicted molar refractivity (Wildman–Crippen MR) is 56.7 cm³/mol. The smallest absolute Gasteiger partial charge is 0.292 e. The SMILES string of the molecule is Cc1cc([N+](=O)[O-])c(N)cc1N(C)C=O. The van der Waals surface area contributed by atoms with Crippen LogP contribution in [-0.4, -0.2) is 18.4 Å². The number of nitrogens with two attached hydrogens (primary N) is 1. The van der Waals surface area contributed by atoms with Gasteiger partial charge in [-0.05, 0) is 18.6 Å². The zero-order valence-corrected chi connectivity index (χ0v) is 8.43. The summed E-state index contributed by atoms with van der Waals surface area (Å²) in [6.45, 7) is 1.68.